The smallest absolute Gasteiger partial charge is 0.416 e. The van der Waals surface area contributed by atoms with Gasteiger partial charge in [-0.2, -0.15) is 13.2 Å². The molecule has 2 aliphatic heterocycles. The number of halogens is 3. The molecule has 2 unspecified atom stereocenters. The van der Waals surface area contributed by atoms with Crippen LogP contribution in [0.4, 0.5) is 18.0 Å². The first kappa shape index (κ1) is 21.9. The van der Waals surface area contributed by atoms with Crippen LogP contribution in [0.5, 0.6) is 0 Å². The summed E-state index contributed by atoms with van der Waals surface area (Å²) in [6, 6.07) is 5.09. The van der Waals surface area contributed by atoms with Gasteiger partial charge in [0.15, 0.2) is 0 Å². The van der Waals surface area contributed by atoms with Crippen LogP contribution in [0.3, 0.4) is 0 Å². The van der Waals surface area contributed by atoms with Crippen molar-refractivity contribution in [2.45, 2.75) is 95.2 Å². The van der Waals surface area contributed by atoms with Gasteiger partial charge in [-0.15, -0.1) is 0 Å². The quantitative estimate of drug-likeness (QED) is 0.730. The molecule has 4 nitrogen and oxygen atoms in total. The number of alkyl halides is 3. The van der Waals surface area contributed by atoms with Gasteiger partial charge in [0.05, 0.1) is 11.2 Å². The average Bonchev–Trinajstić information content (AvgIpc) is 2.57. The minimum absolute atomic E-state index is 0.0936. The number of piperidine rings is 2. The molecule has 2 atom stereocenters. The van der Waals surface area contributed by atoms with E-state index in [1.807, 2.05) is 20.8 Å². The van der Waals surface area contributed by atoms with Crippen LogP contribution >= 0.6 is 0 Å². The van der Waals surface area contributed by atoms with Gasteiger partial charge < -0.3 is 14.7 Å². The Morgan fingerprint density at radius 2 is 1.83 bits per heavy atom. The number of aliphatic hydroxyl groups is 1. The maximum absolute atomic E-state index is 12.9. The molecule has 0 aromatic heterocycles. The number of nitrogens with zero attached hydrogens (tertiary/aromatic N) is 1. The topological polar surface area (TPSA) is 49.8 Å². The molecule has 2 saturated heterocycles. The van der Waals surface area contributed by atoms with Crippen LogP contribution < -0.4 is 0 Å². The minimum atomic E-state index is -4.37. The molecular weight excluding hydrogens is 383 g/mol. The van der Waals surface area contributed by atoms with Crippen LogP contribution in [0.25, 0.3) is 0 Å². The van der Waals surface area contributed by atoms with E-state index >= 15 is 0 Å². The summed E-state index contributed by atoms with van der Waals surface area (Å²) < 4.78 is 44.3. The molecule has 0 spiro atoms. The highest BCUT2D eigenvalue weighted by Gasteiger charge is 2.48. The normalized spacial score (nSPS) is 27.6. The third-order valence-corrected chi connectivity index (χ3v) is 5.83. The maximum atomic E-state index is 12.9. The van der Waals surface area contributed by atoms with Crippen LogP contribution in [-0.2, 0) is 17.3 Å². The number of hydrogen-bond acceptors (Lipinski definition) is 3. The van der Waals surface area contributed by atoms with Gasteiger partial charge in [-0.3, -0.25) is 0 Å². The lowest BCUT2D eigenvalue weighted by atomic mass is 9.73. The van der Waals surface area contributed by atoms with Crippen molar-refractivity contribution in [3.8, 4) is 0 Å². The second kappa shape index (κ2) is 7.82. The molecule has 0 saturated carbocycles. The zero-order valence-electron chi connectivity index (χ0n) is 17.3. The van der Waals surface area contributed by atoms with Crippen molar-refractivity contribution in [3.63, 3.8) is 0 Å². The van der Waals surface area contributed by atoms with Crippen LogP contribution in [-0.4, -0.2) is 39.4 Å². The highest BCUT2D eigenvalue weighted by molar-refractivity contribution is 5.69. The number of ether oxygens (including phenoxy) is 1. The summed E-state index contributed by atoms with van der Waals surface area (Å²) in [5.74, 6) is 0. The van der Waals surface area contributed by atoms with E-state index in [9.17, 15) is 23.1 Å². The molecule has 2 bridgehead atoms. The predicted molar refractivity (Wildman–Crippen MR) is 103 cm³/mol. The zero-order valence-corrected chi connectivity index (χ0v) is 17.3. The zero-order chi connectivity index (χ0) is 21.4. The van der Waals surface area contributed by atoms with Gasteiger partial charge in [0.25, 0.3) is 0 Å². The van der Waals surface area contributed by atoms with E-state index in [0.717, 1.165) is 31.4 Å². The largest absolute Gasteiger partial charge is 0.444 e. The number of hydrogen-bond donors (Lipinski definition) is 1. The Balaban J connectivity index is 1.68. The van der Waals surface area contributed by atoms with Crippen molar-refractivity contribution in [1.29, 1.82) is 0 Å². The first-order valence-corrected chi connectivity index (χ1v) is 10.3. The summed E-state index contributed by atoms with van der Waals surface area (Å²) in [6.45, 7) is 5.49. The third-order valence-electron chi connectivity index (χ3n) is 5.83. The van der Waals surface area contributed by atoms with E-state index in [1.165, 1.54) is 6.07 Å². The summed E-state index contributed by atoms with van der Waals surface area (Å²) >= 11 is 0. The average molecular weight is 413 g/mol. The summed E-state index contributed by atoms with van der Waals surface area (Å²) in [6.07, 6.45) is -0.490. The molecule has 1 aromatic carbocycles. The van der Waals surface area contributed by atoms with Gasteiger partial charge in [-0.1, -0.05) is 18.2 Å². The van der Waals surface area contributed by atoms with Crippen LogP contribution in [0.2, 0.25) is 0 Å². The highest BCUT2D eigenvalue weighted by Crippen LogP contribution is 2.42. The maximum Gasteiger partial charge on any atom is 0.416 e. The van der Waals surface area contributed by atoms with E-state index in [0.29, 0.717) is 31.2 Å². The molecule has 29 heavy (non-hydrogen) atoms. The van der Waals surface area contributed by atoms with Crippen molar-refractivity contribution in [2.75, 3.05) is 0 Å². The Labute approximate surface area is 170 Å². The lowest BCUT2D eigenvalue weighted by molar-refractivity contribution is -0.137. The Morgan fingerprint density at radius 1 is 1.21 bits per heavy atom. The van der Waals surface area contributed by atoms with E-state index in [4.69, 9.17) is 4.74 Å². The molecular formula is C22H30F3NO3. The second-order valence-electron chi connectivity index (χ2n) is 9.46. The molecule has 0 radical (unpaired) electrons. The highest BCUT2D eigenvalue weighted by atomic mass is 19.4. The van der Waals surface area contributed by atoms with Crippen LogP contribution in [0.1, 0.15) is 70.4 Å². The second-order valence-corrected chi connectivity index (χ2v) is 9.46. The molecule has 2 aliphatic rings. The first-order valence-electron chi connectivity index (χ1n) is 10.3. The molecule has 1 N–H and O–H groups in total. The number of fused-ring (bicyclic) bond motifs is 2. The number of amides is 1. The fourth-order valence-corrected chi connectivity index (χ4v) is 4.62. The molecule has 7 heteroatoms. The van der Waals surface area contributed by atoms with Crippen LogP contribution in [0.15, 0.2) is 24.3 Å². The van der Waals surface area contributed by atoms with Gasteiger partial charge in [0.2, 0.25) is 0 Å². The van der Waals surface area contributed by atoms with Crippen molar-refractivity contribution in [1.82, 2.24) is 4.90 Å². The molecule has 0 aliphatic carbocycles. The van der Waals surface area contributed by atoms with Gasteiger partial charge in [-0.25, -0.2) is 4.79 Å². The minimum Gasteiger partial charge on any atom is -0.444 e. The summed E-state index contributed by atoms with van der Waals surface area (Å²) in [5.41, 5.74) is -1.67. The Kier molecular flexibility index (Phi) is 5.91. The lowest BCUT2D eigenvalue weighted by Crippen LogP contribution is -2.60. The standard InChI is InChI=1S/C22H30F3NO3/c1-20(2,3)29-19(27)26-17-8-5-9-18(26)14-21(28,13-17)11-10-15-6-4-7-16(12-15)22(23,24)25/h4,6-7,12,17-18,28H,5,8-11,13-14H2,1-3H3. The van der Waals surface area contributed by atoms with E-state index in [2.05, 4.69) is 0 Å². The Morgan fingerprint density at radius 3 is 2.38 bits per heavy atom. The fourth-order valence-electron chi connectivity index (χ4n) is 4.62. The number of benzene rings is 1. The van der Waals surface area contributed by atoms with Crippen molar-refractivity contribution >= 4 is 6.09 Å². The molecule has 3 rings (SSSR count). The van der Waals surface area contributed by atoms with Crippen molar-refractivity contribution in [3.05, 3.63) is 35.4 Å². The predicted octanol–water partition coefficient (Wildman–Crippen LogP) is 5.32. The van der Waals surface area contributed by atoms with Crippen molar-refractivity contribution in [2.24, 2.45) is 0 Å². The molecule has 1 amide bonds. The summed E-state index contributed by atoms with van der Waals surface area (Å²) in [7, 11) is 0. The first-order chi connectivity index (χ1) is 13.4. The van der Waals surface area contributed by atoms with Crippen LogP contribution in [0, 0.1) is 0 Å². The molecule has 1 aromatic rings. The molecule has 2 heterocycles. The number of rotatable bonds is 3. The number of carbonyl (C=O) groups is 1. The van der Waals surface area contributed by atoms with Gasteiger partial charge in [0, 0.05) is 12.1 Å². The fraction of sp³-hybridized carbons (Fsp3) is 0.682. The lowest BCUT2D eigenvalue weighted by Gasteiger charge is -2.51. The Hall–Kier alpha value is -1.76. The van der Waals surface area contributed by atoms with Crippen molar-refractivity contribution < 1.29 is 27.8 Å². The summed E-state index contributed by atoms with van der Waals surface area (Å²) in [4.78, 5) is 14.4. The van der Waals surface area contributed by atoms with Gasteiger partial charge in [0.1, 0.15) is 5.60 Å². The third kappa shape index (κ3) is 5.44. The Bertz CT molecular complexity index is 728. The molecule has 2 fully saturated rings. The monoisotopic (exact) mass is 413 g/mol. The molecule has 162 valence electrons. The summed E-state index contributed by atoms with van der Waals surface area (Å²) in [5, 5.41) is 11.2. The van der Waals surface area contributed by atoms with E-state index in [-0.39, 0.29) is 18.2 Å². The van der Waals surface area contributed by atoms with Gasteiger partial charge >= 0.3 is 12.3 Å². The van der Waals surface area contributed by atoms with Gasteiger partial charge in [-0.05, 0) is 77.3 Å². The van der Waals surface area contributed by atoms with E-state index in [1.54, 1.807) is 11.0 Å². The van der Waals surface area contributed by atoms with E-state index < -0.39 is 22.9 Å². The number of aryl methyl sites for hydroxylation is 1. The SMILES string of the molecule is CC(C)(C)OC(=O)N1C2CCCC1CC(O)(CCc1cccc(C(F)(F)F)c1)C2. The number of carbonyl (C=O) groups excluding carboxylic acids is 1.